The molecule has 0 aliphatic heterocycles. The summed E-state index contributed by atoms with van der Waals surface area (Å²) in [6.45, 7) is 3.65. The topological polar surface area (TPSA) is 58.6 Å². The minimum absolute atomic E-state index is 0.533. The van der Waals surface area contributed by atoms with E-state index in [1.165, 1.54) is 7.11 Å². The second-order valence-corrected chi connectivity index (χ2v) is 4.19. The van der Waals surface area contributed by atoms with Crippen LogP contribution >= 0.6 is 11.6 Å². The van der Waals surface area contributed by atoms with E-state index in [-0.39, 0.29) is 0 Å². The van der Waals surface area contributed by atoms with Crippen molar-refractivity contribution in [3.8, 4) is 5.75 Å². The monoisotopic (exact) mass is 257 g/mol. The number of rotatable bonds is 4. The number of hydrogen-bond acceptors (Lipinski definition) is 3. The lowest BCUT2D eigenvalue weighted by molar-refractivity contribution is -0.139. The van der Waals surface area contributed by atoms with E-state index in [0.29, 0.717) is 16.3 Å². The van der Waals surface area contributed by atoms with E-state index >= 15 is 0 Å². The number of benzene rings is 1. The molecule has 4 nitrogen and oxygen atoms in total. The van der Waals surface area contributed by atoms with Crippen LogP contribution in [0.2, 0.25) is 5.02 Å². The fourth-order valence-corrected chi connectivity index (χ4v) is 2.01. The second-order valence-electron chi connectivity index (χ2n) is 3.81. The van der Waals surface area contributed by atoms with Gasteiger partial charge < -0.3 is 15.2 Å². The Morgan fingerprint density at radius 1 is 1.53 bits per heavy atom. The number of likely N-dealkylation sites (N-methyl/N-ethyl adjacent to an activating group) is 1. The van der Waals surface area contributed by atoms with Crippen molar-refractivity contribution < 1.29 is 14.6 Å². The lowest BCUT2D eigenvalue weighted by Crippen LogP contribution is -2.26. The van der Waals surface area contributed by atoms with Crippen LogP contribution in [0.3, 0.4) is 0 Å². The molecule has 5 heteroatoms. The van der Waals surface area contributed by atoms with Crippen molar-refractivity contribution in [3.05, 3.63) is 27.8 Å². The highest BCUT2D eigenvalue weighted by Gasteiger charge is 2.25. The normalized spacial score (nSPS) is 12.3. The molecule has 0 saturated carbocycles. The molecule has 1 rings (SSSR count). The summed E-state index contributed by atoms with van der Waals surface area (Å²) in [6, 6.07) is 0.917. The van der Waals surface area contributed by atoms with Crippen LogP contribution in [0.15, 0.2) is 6.07 Å². The Labute approximate surface area is 106 Å². The van der Waals surface area contributed by atoms with Gasteiger partial charge >= 0.3 is 5.97 Å². The van der Waals surface area contributed by atoms with Gasteiger partial charge in [-0.1, -0.05) is 11.6 Å². The third-order valence-corrected chi connectivity index (χ3v) is 3.32. The molecule has 94 valence electrons. The van der Waals surface area contributed by atoms with Gasteiger partial charge in [-0.25, -0.2) is 0 Å². The van der Waals surface area contributed by atoms with E-state index in [1.807, 2.05) is 6.92 Å². The predicted octanol–water partition coefficient (Wildman–Crippen LogP) is 2.31. The maximum atomic E-state index is 11.2. The molecule has 1 aromatic rings. The highest BCUT2D eigenvalue weighted by Crippen LogP contribution is 2.35. The minimum Gasteiger partial charge on any atom is -0.496 e. The van der Waals surface area contributed by atoms with Crippen LogP contribution in [0.4, 0.5) is 0 Å². The number of carbonyl (C=O) groups is 1. The first-order chi connectivity index (χ1) is 7.93. The van der Waals surface area contributed by atoms with Crippen LogP contribution in [0.5, 0.6) is 5.75 Å². The highest BCUT2D eigenvalue weighted by atomic mass is 35.5. The molecule has 0 heterocycles. The van der Waals surface area contributed by atoms with E-state index in [4.69, 9.17) is 16.3 Å². The maximum Gasteiger partial charge on any atom is 0.325 e. The first-order valence-corrected chi connectivity index (χ1v) is 5.55. The minimum atomic E-state index is -0.964. The van der Waals surface area contributed by atoms with Gasteiger partial charge in [0, 0.05) is 10.6 Å². The van der Waals surface area contributed by atoms with Gasteiger partial charge in [0.2, 0.25) is 0 Å². The fourth-order valence-electron chi connectivity index (χ4n) is 1.86. The first-order valence-electron chi connectivity index (χ1n) is 5.17. The number of halogens is 1. The lowest BCUT2D eigenvalue weighted by Gasteiger charge is -2.20. The van der Waals surface area contributed by atoms with Crippen molar-refractivity contribution in [2.75, 3.05) is 14.2 Å². The number of aliphatic carboxylic acids is 1. The molecule has 1 unspecified atom stereocenters. The average Bonchev–Trinajstić information content (AvgIpc) is 2.29. The van der Waals surface area contributed by atoms with Crippen LogP contribution in [0.25, 0.3) is 0 Å². The quantitative estimate of drug-likeness (QED) is 0.869. The Kier molecular flexibility index (Phi) is 4.37. The van der Waals surface area contributed by atoms with Gasteiger partial charge in [-0.2, -0.15) is 0 Å². The molecule has 0 fully saturated rings. The van der Waals surface area contributed by atoms with E-state index in [1.54, 1.807) is 20.0 Å². The Hall–Kier alpha value is -1.26. The Morgan fingerprint density at radius 2 is 2.12 bits per heavy atom. The Balaban J connectivity index is 3.49. The summed E-state index contributed by atoms with van der Waals surface area (Å²) >= 11 is 6.14. The molecule has 0 amide bonds. The van der Waals surface area contributed by atoms with Crippen LogP contribution in [0.1, 0.15) is 22.7 Å². The van der Waals surface area contributed by atoms with Crippen molar-refractivity contribution in [2.24, 2.45) is 0 Å². The summed E-state index contributed by atoms with van der Waals surface area (Å²) in [4.78, 5) is 11.2. The third-order valence-electron chi connectivity index (χ3n) is 2.74. The lowest BCUT2D eigenvalue weighted by atomic mass is 9.97. The summed E-state index contributed by atoms with van der Waals surface area (Å²) < 4.78 is 5.23. The molecule has 0 saturated heterocycles. The summed E-state index contributed by atoms with van der Waals surface area (Å²) in [5.74, 6) is -0.431. The van der Waals surface area contributed by atoms with Crippen molar-refractivity contribution in [1.29, 1.82) is 0 Å². The van der Waals surface area contributed by atoms with Crippen molar-refractivity contribution in [1.82, 2.24) is 5.32 Å². The Bertz CT molecular complexity index is 446. The van der Waals surface area contributed by atoms with Gasteiger partial charge in [0.15, 0.2) is 0 Å². The van der Waals surface area contributed by atoms with Gasteiger partial charge in [-0.3, -0.25) is 4.79 Å². The molecule has 0 aliphatic carbocycles. The van der Waals surface area contributed by atoms with Crippen LogP contribution in [0, 0.1) is 13.8 Å². The molecule has 0 spiro atoms. The van der Waals surface area contributed by atoms with Gasteiger partial charge in [0.1, 0.15) is 11.8 Å². The zero-order valence-electron chi connectivity index (χ0n) is 10.3. The van der Waals surface area contributed by atoms with Crippen LogP contribution in [-0.2, 0) is 4.79 Å². The van der Waals surface area contributed by atoms with Crippen molar-refractivity contribution in [2.45, 2.75) is 19.9 Å². The van der Waals surface area contributed by atoms with E-state index in [9.17, 15) is 9.90 Å². The maximum absolute atomic E-state index is 11.2. The van der Waals surface area contributed by atoms with Crippen molar-refractivity contribution in [3.63, 3.8) is 0 Å². The number of aryl methyl sites for hydroxylation is 1. The number of methoxy groups -OCH3 is 1. The van der Waals surface area contributed by atoms with E-state index in [2.05, 4.69) is 5.32 Å². The summed E-state index contributed by atoms with van der Waals surface area (Å²) in [7, 11) is 3.10. The van der Waals surface area contributed by atoms with E-state index < -0.39 is 12.0 Å². The van der Waals surface area contributed by atoms with Crippen LogP contribution < -0.4 is 10.1 Å². The zero-order valence-corrected chi connectivity index (χ0v) is 11.1. The highest BCUT2D eigenvalue weighted by molar-refractivity contribution is 6.32. The first kappa shape index (κ1) is 13.8. The summed E-state index contributed by atoms with van der Waals surface area (Å²) in [5.41, 5.74) is 2.16. The number of nitrogens with one attached hydrogen (secondary N) is 1. The number of carboxylic acid groups (broad SMARTS) is 1. The molecule has 17 heavy (non-hydrogen) atoms. The molecule has 0 bridgehead atoms. The zero-order chi connectivity index (χ0) is 13.2. The molecular formula is C12H16ClNO3. The molecule has 1 aromatic carbocycles. The standard InChI is InChI=1S/C12H16ClNO3/c1-6-5-8(17-4)9(7(2)10(6)13)11(14-3)12(15)16/h5,11,14H,1-4H3,(H,15,16). The molecule has 1 atom stereocenters. The number of hydrogen-bond donors (Lipinski definition) is 2. The van der Waals surface area contributed by atoms with Gasteiger partial charge in [0.05, 0.1) is 7.11 Å². The Morgan fingerprint density at radius 3 is 2.53 bits per heavy atom. The second kappa shape index (κ2) is 5.38. The number of carboxylic acids is 1. The third kappa shape index (κ3) is 2.53. The van der Waals surface area contributed by atoms with E-state index in [0.717, 1.165) is 11.1 Å². The smallest absolute Gasteiger partial charge is 0.325 e. The predicted molar refractivity (Wildman–Crippen MR) is 66.9 cm³/mol. The SMILES string of the molecule is CNC(C(=O)O)c1c(OC)cc(C)c(Cl)c1C. The summed E-state index contributed by atoms with van der Waals surface area (Å²) in [5, 5.41) is 12.5. The molecular weight excluding hydrogens is 242 g/mol. The van der Waals surface area contributed by atoms with Gasteiger partial charge in [-0.05, 0) is 38.1 Å². The molecule has 2 N–H and O–H groups in total. The van der Waals surface area contributed by atoms with Gasteiger partial charge in [-0.15, -0.1) is 0 Å². The largest absolute Gasteiger partial charge is 0.496 e. The molecule has 0 aromatic heterocycles. The summed E-state index contributed by atoms with van der Waals surface area (Å²) in [6.07, 6.45) is 0. The van der Waals surface area contributed by atoms with Crippen LogP contribution in [-0.4, -0.2) is 25.2 Å². The number of ether oxygens (including phenoxy) is 1. The average molecular weight is 258 g/mol. The fraction of sp³-hybridized carbons (Fsp3) is 0.417. The van der Waals surface area contributed by atoms with Crippen molar-refractivity contribution >= 4 is 17.6 Å². The molecule has 0 aliphatic rings. The van der Waals surface area contributed by atoms with Gasteiger partial charge in [0.25, 0.3) is 0 Å². The molecule has 0 radical (unpaired) electrons.